The highest BCUT2D eigenvalue weighted by molar-refractivity contribution is 6.45. The van der Waals surface area contributed by atoms with Gasteiger partial charge in [-0.2, -0.15) is 0 Å². The van der Waals surface area contributed by atoms with Crippen LogP contribution in [0.25, 0.3) is 0 Å². The Morgan fingerprint density at radius 3 is 2.00 bits per heavy atom. The van der Waals surface area contributed by atoms with Crippen LogP contribution in [0.4, 0.5) is 0 Å². The lowest BCUT2D eigenvalue weighted by Crippen LogP contribution is -2.41. The Labute approximate surface area is 80.3 Å². The van der Waals surface area contributed by atoms with E-state index < -0.39 is 0 Å². The molecule has 1 aliphatic heterocycles. The van der Waals surface area contributed by atoms with E-state index >= 15 is 0 Å². The van der Waals surface area contributed by atoms with Gasteiger partial charge in [-0.25, -0.2) is 0 Å². The zero-order chi connectivity index (χ0) is 10.1. The van der Waals surface area contributed by atoms with Crippen molar-refractivity contribution < 1.29 is 9.31 Å². The van der Waals surface area contributed by atoms with Gasteiger partial charge in [0.1, 0.15) is 0 Å². The molecule has 0 saturated carbocycles. The van der Waals surface area contributed by atoms with Crippen molar-refractivity contribution in [2.24, 2.45) is 5.84 Å². The number of nitrogens with one attached hydrogen (secondary N) is 1. The van der Waals surface area contributed by atoms with Gasteiger partial charge in [0.15, 0.2) is 0 Å². The van der Waals surface area contributed by atoms with Crippen LogP contribution < -0.4 is 11.3 Å². The first-order chi connectivity index (χ1) is 5.89. The summed E-state index contributed by atoms with van der Waals surface area (Å²) in [5.74, 6) is 5.18. The predicted octanol–water partition coefficient (Wildman–Crippen LogP) is 0.542. The molecule has 3 N–H and O–H groups in total. The molecule has 4 nitrogen and oxygen atoms in total. The molecule has 0 spiro atoms. The van der Waals surface area contributed by atoms with E-state index in [-0.39, 0.29) is 18.3 Å². The largest absolute Gasteiger partial charge is 0.459 e. The molecule has 1 rings (SSSR count). The number of hydrogen-bond acceptors (Lipinski definition) is 4. The van der Waals surface area contributed by atoms with Crippen LogP contribution in [0, 0.1) is 0 Å². The molecule has 0 aromatic heterocycles. The molecule has 0 aromatic carbocycles. The molecule has 0 amide bonds. The molecular formula is C8H19BN2O2. The molecule has 0 aliphatic carbocycles. The van der Waals surface area contributed by atoms with Crippen molar-refractivity contribution in [2.45, 2.75) is 45.2 Å². The molecule has 1 fully saturated rings. The van der Waals surface area contributed by atoms with Crippen LogP contribution in [0.15, 0.2) is 0 Å². The summed E-state index contributed by atoms with van der Waals surface area (Å²) in [5, 5.41) is 0. The van der Waals surface area contributed by atoms with Crippen LogP contribution in [0.1, 0.15) is 27.7 Å². The van der Waals surface area contributed by atoms with Crippen molar-refractivity contribution in [3.8, 4) is 0 Å². The fourth-order valence-electron chi connectivity index (χ4n) is 1.28. The van der Waals surface area contributed by atoms with Gasteiger partial charge in [0, 0.05) is 6.54 Å². The zero-order valence-electron chi connectivity index (χ0n) is 8.89. The van der Waals surface area contributed by atoms with Crippen LogP contribution in [0.5, 0.6) is 0 Å². The van der Waals surface area contributed by atoms with Gasteiger partial charge in [-0.05, 0) is 34.0 Å². The van der Waals surface area contributed by atoms with Gasteiger partial charge < -0.3 is 9.31 Å². The Balaban J connectivity index is 2.50. The SMILES string of the molecule is CC1(C)OB(CCNN)OC1(C)C. The molecule has 0 radical (unpaired) electrons. The summed E-state index contributed by atoms with van der Waals surface area (Å²) < 4.78 is 11.5. The standard InChI is InChI=1S/C8H19BN2O2/c1-7(2)8(3,4)13-9(12-7)5-6-11-10/h11H,5-6,10H2,1-4H3. The molecule has 0 atom stereocenters. The molecule has 0 aromatic rings. The summed E-state index contributed by atoms with van der Waals surface area (Å²) >= 11 is 0. The summed E-state index contributed by atoms with van der Waals surface area (Å²) in [6, 6.07) is 0. The van der Waals surface area contributed by atoms with Crippen LogP contribution in [-0.2, 0) is 9.31 Å². The monoisotopic (exact) mass is 186 g/mol. The van der Waals surface area contributed by atoms with Gasteiger partial charge in [0.2, 0.25) is 0 Å². The molecule has 76 valence electrons. The number of rotatable bonds is 3. The Morgan fingerprint density at radius 2 is 1.62 bits per heavy atom. The van der Waals surface area contributed by atoms with E-state index in [9.17, 15) is 0 Å². The highest BCUT2D eigenvalue weighted by Gasteiger charge is 2.50. The minimum Gasteiger partial charge on any atom is -0.403 e. The van der Waals surface area contributed by atoms with Crippen molar-refractivity contribution in [2.75, 3.05) is 6.54 Å². The average molecular weight is 186 g/mol. The van der Waals surface area contributed by atoms with Crippen molar-refractivity contribution in [1.29, 1.82) is 0 Å². The van der Waals surface area contributed by atoms with Crippen LogP contribution in [0.3, 0.4) is 0 Å². The van der Waals surface area contributed by atoms with Gasteiger partial charge in [0.05, 0.1) is 11.2 Å². The van der Waals surface area contributed by atoms with E-state index in [0.29, 0.717) is 6.54 Å². The van der Waals surface area contributed by atoms with E-state index in [2.05, 4.69) is 5.43 Å². The summed E-state index contributed by atoms with van der Waals surface area (Å²) in [6.07, 6.45) is 0.781. The van der Waals surface area contributed by atoms with E-state index in [1.165, 1.54) is 0 Å². The number of nitrogens with two attached hydrogens (primary N) is 1. The second kappa shape index (κ2) is 3.57. The number of hydrazine groups is 1. The molecule has 1 aliphatic rings. The van der Waals surface area contributed by atoms with Crippen LogP contribution in [0.2, 0.25) is 6.32 Å². The van der Waals surface area contributed by atoms with Gasteiger partial charge >= 0.3 is 7.12 Å². The number of hydrogen-bond donors (Lipinski definition) is 2. The van der Waals surface area contributed by atoms with Crippen LogP contribution in [-0.4, -0.2) is 24.9 Å². The van der Waals surface area contributed by atoms with E-state index in [1.807, 2.05) is 27.7 Å². The Hall–Kier alpha value is -0.0951. The third-order valence-corrected chi connectivity index (χ3v) is 2.83. The minimum absolute atomic E-state index is 0.138. The van der Waals surface area contributed by atoms with Gasteiger partial charge in [0.25, 0.3) is 0 Å². The van der Waals surface area contributed by atoms with Gasteiger partial charge in [-0.3, -0.25) is 11.3 Å². The summed E-state index contributed by atoms with van der Waals surface area (Å²) in [4.78, 5) is 0. The third-order valence-electron chi connectivity index (χ3n) is 2.83. The molecule has 13 heavy (non-hydrogen) atoms. The van der Waals surface area contributed by atoms with Crippen molar-refractivity contribution in [3.05, 3.63) is 0 Å². The Kier molecular flexibility index (Phi) is 3.02. The van der Waals surface area contributed by atoms with E-state index in [1.54, 1.807) is 0 Å². The summed E-state index contributed by atoms with van der Waals surface area (Å²) in [6.45, 7) is 8.88. The smallest absolute Gasteiger partial charge is 0.403 e. The first-order valence-corrected chi connectivity index (χ1v) is 4.68. The Bertz CT molecular complexity index is 169. The van der Waals surface area contributed by atoms with E-state index in [4.69, 9.17) is 15.2 Å². The predicted molar refractivity (Wildman–Crippen MR) is 53.1 cm³/mol. The lowest BCUT2D eigenvalue weighted by atomic mass is 9.85. The normalized spacial score (nSPS) is 25.2. The summed E-state index contributed by atoms with van der Waals surface area (Å²) in [7, 11) is -0.138. The van der Waals surface area contributed by atoms with Gasteiger partial charge in [-0.15, -0.1) is 0 Å². The lowest BCUT2D eigenvalue weighted by molar-refractivity contribution is 0.00578. The second-order valence-corrected chi connectivity index (χ2v) is 4.43. The highest BCUT2D eigenvalue weighted by Crippen LogP contribution is 2.37. The minimum atomic E-state index is -0.230. The van der Waals surface area contributed by atoms with E-state index in [0.717, 1.165) is 6.32 Å². The maximum Gasteiger partial charge on any atom is 0.459 e. The zero-order valence-corrected chi connectivity index (χ0v) is 8.89. The fourth-order valence-corrected chi connectivity index (χ4v) is 1.28. The van der Waals surface area contributed by atoms with Crippen molar-refractivity contribution in [1.82, 2.24) is 5.43 Å². The average Bonchev–Trinajstić information content (AvgIpc) is 2.17. The molecule has 1 saturated heterocycles. The maximum atomic E-state index is 5.75. The quantitative estimate of drug-likeness (QED) is 0.383. The highest BCUT2D eigenvalue weighted by atomic mass is 16.7. The topological polar surface area (TPSA) is 56.5 Å². The lowest BCUT2D eigenvalue weighted by Gasteiger charge is -2.32. The summed E-state index contributed by atoms with van der Waals surface area (Å²) in [5.41, 5.74) is 2.13. The van der Waals surface area contributed by atoms with Crippen molar-refractivity contribution >= 4 is 7.12 Å². The Morgan fingerprint density at radius 1 is 1.15 bits per heavy atom. The van der Waals surface area contributed by atoms with Gasteiger partial charge in [-0.1, -0.05) is 0 Å². The van der Waals surface area contributed by atoms with Crippen LogP contribution >= 0.6 is 0 Å². The first-order valence-electron chi connectivity index (χ1n) is 4.68. The second-order valence-electron chi connectivity index (χ2n) is 4.43. The third kappa shape index (κ3) is 2.23. The molecule has 5 heteroatoms. The molecule has 1 heterocycles. The first kappa shape index (κ1) is 11.0. The van der Waals surface area contributed by atoms with Crippen molar-refractivity contribution in [3.63, 3.8) is 0 Å². The molecule has 0 unspecified atom stereocenters. The maximum absolute atomic E-state index is 5.75. The fraction of sp³-hybridized carbons (Fsp3) is 1.00. The molecular weight excluding hydrogens is 167 g/mol. The molecule has 0 bridgehead atoms.